The molecule has 0 fully saturated rings. The van der Waals surface area contributed by atoms with Gasteiger partial charge in [-0.3, -0.25) is 0 Å². The Morgan fingerprint density at radius 2 is 1.91 bits per heavy atom. The molecule has 0 spiro atoms. The maximum absolute atomic E-state index is 6.22. The zero-order valence-electron chi connectivity index (χ0n) is 12.7. The zero-order chi connectivity index (χ0) is 15.5. The fraction of sp³-hybridized carbons (Fsp3) is 0.176. The van der Waals surface area contributed by atoms with Crippen LogP contribution in [0.5, 0.6) is 5.75 Å². The molecule has 0 unspecified atom stereocenters. The van der Waals surface area contributed by atoms with Crippen LogP contribution in [0.3, 0.4) is 0 Å². The van der Waals surface area contributed by atoms with Gasteiger partial charge in [-0.15, -0.1) is 5.10 Å². The minimum absolute atomic E-state index is 0.523. The van der Waals surface area contributed by atoms with Crippen LogP contribution < -0.4 is 10.5 Å². The van der Waals surface area contributed by atoms with E-state index in [0.29, 0.717) is 18.1 Å². The molecular formula is C17H18N4O. The summed E-state index contributed by atoms with van der Waals surface area (Å²) in [5.74, 6) is 1.35. The molecule has 0 amide bonds. The van der Waals surface area contributed by atoms with Crippen LogP contribution in [0.4, 0.5) is 5.82 Å². The molecule has 2 aromatic carbocycles. The Morgan fingerprint density at radius 3 is 2.59 bits per heavy atom. The lowest BCUT2D eigenvalue weighted by atomic mass is 10.1. The highest BCUT2D eigenvalue weighted by Gasteiger charge is 2.13. The molecule has 3 rings (SSSR count). The van der Waals surface area contributed by atoms with Crippen LogP contribution in [0.25, 0.3) is 16.9 Å². The van der Waals surface area contributed by atoms with Crippen LogP contribution in [0, 0.1) is 6.92 Å². The summed E-state index contributed by atoms with van der Waals surface area (Å²) >= 11 is 0. The van der Waals surface area contributed by atoms with Gasteiger partial charge >= 0.3 is 0 Å². The van der Waals surface area contributed by atoms with Crippen molar-refractivity contribution in [3.05, 3.63) is 54.1 Å². The number of hydrogen-bond donors (Lipinski definition) is 1. The first kappa shape index (κ1) is 14.1. The van der Waals surface area contributed by atoms with Gasteiger partial charge in [-0.25, -0.2) is 0 Å². The molecule has 0 bridgehead atoms. The number of nitrogen functional groups attached to an aromatic ring is 1. The second-order valence-electron chi connectivity index (χ2n) is 5.03. The van der Waals surface area contributed by atoms with Gasteiger partial charge in [0.25, 0.3) is 0 Å². The molecule has 0 saturated heterocycles. The van der Waals surface area contributed by atoms with Gasteiger partial charge in [-0.05, 0) is 55.8 Å². The molecule has 5 heteroatoms. The van der Waals surface area contributed by atoms with E-state index in [-0.39, 0.29) is 0 Å². The highest BCUT2D eigenvalue weighted by Crippen LogP contribution is 2.27. The monoisotopic (exact) mass is 294 g/mol. The molecule has 0 aliphatic rings. The van der Waals surface area contributed by atoms with Gasteiger partial charge in [0.15, 0.2) is 5.82 Å². The van der Waals surface area contributed by atoms with Crippen molar-refractivity contribution in [1.82, 2.24) is 15.0 Å². The normalized spacial score (nSPS) is 10.6. The molecule has 112 valence electrons. The predicted molar refractivity (Wildman–Crippen MR) is 87.1 cm³/mol. The standard InChI is InChI=1S/C17H18N4O/c1-3-22-15-9-7-13(8-10-15)16-17(18)21(20-19-16)14-6-4-5-12(2)11-14/h4-11H,3,18H2,1-2H3. The minimum Gasteiger partial charge on any atom is -0.494 e. The molecule has 1 heterocycles. The van der Waals surface area contributed by atoms with Crippen LogP contribution in [0.2, 0.25) is 0 Å². The summed E-state index contributed by atoms with van der Waals surface area (Å²) in [6.07, 6.45) is 0. The molecule has 5 nitrogen and oxygen atoms in total. The Labute approximate surface area is 129 Å². The van der Waals surface area contributed by atoms with Crippen molar-refractivity contribution in [2.24, 2.45) is 0 Å². The molecular weight excluding hydrogens is 276 g/mol. The summed E-state index contributed by atoms with van der Waals surface area (Å²) in [5.41, 5.74) is 9.86. The van der Waals surface area contributed by atoms with Crippen molar-refractivity contribution in [2.45, 2.75) is 13.8 Å². The average molecular weight is 294 g/mol. The van der Waals surface area contributed by atoms with Gasteiger partial charge in [0.1, 0.15) is 11.4 Å². The van der Waals surface area contributed by atoms with Gasteiger partial charge in [-0.2, -0.15) is 4.68 Å². The number of hydrogen-bond acceptors (Lipinski definition) is 4. The van der Waals surface area contributed by atoms with Crippen molar-refractivity contribution in [3.8, 4) is 22.7 Å². The lowest BCUT2D eigenvalue weighted by Gasteiger charge is -2.05. The van der Waals surface area contributed by atoms with Gasteiger partial charge in [0.2, 0.25) is 0 Å². The number of aromatic nitrogens is 3. The van der Waals surface area contributed by atoms with E-state index in [0.717, 1.165) is 22.6 Å². The highest BCUT2D eigenvalue weighted by molar-refractivity contribution is 5.71. The largest absolute Gasteiger partial charge is 0.494 e. The third-order valence-electron chi connectivity index (χ3n) is 3.39. The molecule has 0 atom stereocenters. The summed E-state index contributed by atoms with van der Waals surface area (Å²) in [5, 5.41) is 8.39. The number of benzene rings is 2. The van der Waals surface area contributed by atoms with Gasteiger partial charge < -0.3 is 10.5 Å². The van der Waals surface area contributed by atoms with E-state index >= 15 is 0 Å². The summed E-state index contributed by atoms with van der Waals surface area (Å²) in [7, 11) is 0. The Bertz CT molecular complexity index is 778. The molecule has 1 aromatic heterocycles. The van der Waals surface area contributed by atoms with Crippen molar-refractivity contribution >= 4 is 5.82 Å². The lowest BCUT2D eigenvalue weighted by Crippen LogP contribution is -2.02. The van der Waals surface area contributed by atoms with Crippen molar-refractivity contribution in [3.63, 3.8) is 0 Å². The first-order valence-corrected chi connectivity index (χ1v) is 7.20. The van der Waals surface area contributed by atoms with E-state index in [2.05, 4.69) is 10.3 Å². The van der Waals surface area contributed by atoms with Gasteiger partial charge in [-0.1, -0.05) is 17.3 Å². The van der Waals surface area contributed by atoms with Crippen molar-refractivity contribution in [2.75, 3.05) is 12.3 Å². The quantitative estimate of drug-likeness (QED) is 0.802. The molecule has 0 aliphatic heterocycles. The molecule has 0 saturated carbocycles. The SMILES string of the molecule is CCOc1ccc(-c2nnn(-c3cccc(C)c3)c2N)cc1. The third-order valence-corrected chi connectivity index (χ3v) is 3.39. The lowest BCUT2D eigenvalue weighted by molar-refractivity contribution is 0.340. The topological polar surface area (TPSA) is 66.0 Å². The van der Waals surface area contributed by atoms with Crippen LogP contribution >= 0.6 is 0 Å². The first-order valence-electron chi connectivity index (χ1n) is 7.20. The second-order valence-corrected chi connectivity index (χ2v) is 5.03. The van der Waals surface area contributed by atoms with Crippen LogP contribution in [0.1, 0.15) is 12.5 Å². The Hall–Kier alpha value is -2.82. The Morgan fingerprint density at radius 1 is 1.14 bits per heavy atom. The van der Waals surface area contributed by atoms with Crippen LogP contribution in [-0.4, -0.2) is 21.6 Å². The summed E-state index contributed by atoms with van der Waals surface area (Å²) in [4.78, 5) is 0. The van der Waals surface area contributed by atoms with Crippen molar-refractivity contribution < 1.29 is 4.74 Å². The van der Waals surface area contributed by atoms with Crippen LogP contribution in [-0.2, 0) is 0 Å². The van der Waals surface area contributed by atoms with E-state index in [1.165, 1.54) is 0 Å². The second kappa shape index (κ2) is 5.89. The predicted octanol–water partition coefficient (Wildman–Crippen LogP) is 3.22. The maximum atomic E-state index is 6.22. The molecule has 0 radical (unpaired) electrons. The van der Waals surface area contributed by atoms with Crippen molar-refractivity contribution in [1.29, 1.82) is 0 Å². The third kappa shape index (κ3) is 2.65. The number of rotatable bonds is 4. The Balaban J connectivity index is 1.96. The maximum Gasteiger partial charge on any atom is 0.155 e. The summed E-state index contributed by atoms with van der Waals surface area (Å²) < 4.78 is 7.09. The number of anilines is 1. The van der Waals surface area contributed by atoms with E-state index in [9.17, 15) is 0 Å². The zero-order valence-corrected chi connectivity index (χ0v) is 12.7. The molecule has 22 heavy (non-hydrogen) atoms. The van der Waals surface area contributed by atoms with E-state index < -0.39 is 0 Å². The van der Waals surface area contributed by atoms with Gasteiger partial charge in [0.05, 0.1) is 12.3 Å². The molecule has 3 aromatic rings. The average Bonchev–Trinajstić information content (AvgIpc) is 2.90. The summed E-state index contributed by atoms with van der Waals surface area (Å²) in [6, 6.07) is 15.7. The fourth-order valence-electron chi connectivity index (χ4n) is 2.32. The molecule has 0 aliphatic carbocycles. The van der Waals surface area contributed by atoms with E-state index in [1.807, 2.05) is 62.4 Å². The highest BCUT2D eigenvalue weighted by atomic mass is 16.5. The minimum atomic E-state index is 0.523. The van der Waals surface area contributed by atoms with E-state index in [4.69, 9.17) is 10.5 Å². The smallest absolute Gasteiger partial charge is 0.155 e. The van der Waals surface area contributed by atoms with Crippen LogP contribution in [0.15, 0.2) is 48.5 Å². The van der Waals surface area contributed by atoms with Gasteiger partial charge in [0, 0.05) is 5.56 Å². The number of nitrogens with two attached hydrogens (primary N) is 1. The van der Waals surface area contributed by atoms with E-state index in [1.54, 1.807) is 4.68 Å². The fourth-order valence-corrected chi connectivity index (χ4v) is 2.32. The number of ether oxygens (including phenoxy) is 1. The molecule has 2 N–H and O–H groups in total. The number of nitrogens with zero attached hydrogens (tertiary/aromatic N) is 3. The Kier molecular flexibility index (Phi) is 3.78. The first-order chi connectivity index (χ1) is 10.7. The summed E-state index contributed by atoms with van der Waals surface area (Å²) in [6.45, 7) is 4.63. The number of aryl methyl sites for hydroxylation is 1.